The normalized spacial score (nSPS) is 15.9. The molecule has 0 heterocycles. The van der Waals surface area contributed by atoms with Gasteiger partial charge < -0.3 is 9.80 Å². The minimum absolute atomic E-state index is 0.0981. The highest BCUT2D eigenvalue weighted by Gasteiger charge is 2.41. The van der Waals surface area contributed by atoms with E-state index in [0.29, 0.717) is 0 Å². The molecule has 0 unspecified atom stereocenters. The summed E-state index contributed by atoms with van der Waals surface area (Å²) in [6.07, 6.45) is 9.24. The third-order valence-electron chi connectivity index (χ3n) is 22.7. The van der Waals surface area contributed by atoms with Crippen molar-refractivity contribution in [1.29, 1.82) is 0 Å². The average molecular weight is 1230 g/mol. The Morgan fingerprint density at radius 2 is 0.421 bits per heavy atom. The Kier molecular flexibility index (Phi) is 12.9. The van der Waals surface area contributed by atoms with Crippen LogP contribution in [0.25, 0.3) is 79.9 Å². The Hall–Kier alpha value is -10.3. The summed E-state index contributed by atoms with van der Waals surface area (Å²) in [6, 6.07) is 92.6. The zero-order chi connectivity index (χ0) is 65.2. The second-order valence-electron chi connectivity index (χ2n) is 30.4. The number of rotatable bonds is 10. The second kappa shape index (κ2) is 20.9. The molecule has 462 valence electrons. The molecule has 12 aromatic carbocycles. The van der Waals surface area contributed by atoms with E-state index in [1.807, 2.05) is 0 Å². The van der Waals surface area contributed by atoms with Crippen molar-refractivity contribution in [2.45, 2.75) is 110 Å². The van der Waals surface area contributed by atoms with Gasteiger partial charge in [0.25, 0.3) is 0 Å². The summed E-state index contributed by atoms with van der Waals surface area (Å²) in [7, 11) is 0. The van der Waals surface area contributed by atoms with Gasteiger partial charge in [-0.25, -0.2) is 0 Å². The van der Waals surface area contributed by atoms with Crippen molar-refractivity contribution < 1.29 is 0 Å². The first-order chi connectivity index (χ1) is 45.6. The summed E-state index contributed by atoms with van der Waals surface area (Å²) in [5.74, 6) is 0. The fourth-order valence-electron chi connectivity index (χ4n) is 17.4. The minimum Gasteiger partial charge on any atom is -0.310 e. The van der Waals surface area contributed by atoms with Crippen LogP contribution >= 0.6 is 0 Å². The van der Waals surface area contributed by atoms with Gasteiger partial charge in [-0.2, -0.15) is 0 Å². The summed E-state index contributed by atoms with van der Waals surface area (Å²) in [4.78, 5) is 4.93. The van der Waals surface area contributed by atoms with E-state index in [2.05, 4.69) is 360 Å². The van der Waals surface area contributed by atoms with Crippen molar-refractivity contribution in [3.05, 3.63) is 332 Å². The van der Waals surface area contributed by atoms with Crippen LogP contribution in [0.3, 0.4) is 0 Å². The zero-order valence-electron chi connectivity index (χ0n) is 56.8. The molecule has 0 saturated heterocycles. The van der Waals surface area contributed by atoms with E-state index in [1.165, 1.54) is 167 Å². The molecular weight excluding hydrogens is 1150 g/mol. The smallest absolute Gasteiger partial charge is 0.0465 e. The van der Waals surface area contributed by atoms with Crippen LogP contribution in [-0.4, -0.2) is 0 Å². The zero-order valence-corrected chi connectivity index (χ0v) is 56.8. The van der Waals surface area contributed by atoms with Gasteiger partial charge in [0.15, 0.2) is 0 Å². The van der Waals surface area contributed by atoms with Crippen LogP contribution in [0.15, 0.2) is 243 Å². The quantitative estimate of drug-likeness (QED) is 0.126. The molecule has 0 radical (unpaired) electrons. The van der Waals surface area contributed by atoms with Gasteiger partial charge in [-0.3, -0.25) is 0 Å². The first kappa shape index (κ1) is 58.5. The molecule has 95 heavy (non-hydrogen) atoms. The van der Waals surface area contributed by atoms with Gasteiger partial charge in [-0.1, -0.05) is 263 Å². The summed E-state index contributed by atoms with van der Waals surface area (Å²) in [5, 5.41) is 0. The van der Waals surface area contributed by atoms with Crippen LogP contribution < -0.4 is 9.80 Å². The highest BCUT2D eigenvalue weighted by atomic mass is 15.1. The monoisotopic (exact) mass is 1220 g/mol. The first-order valence-corrected chi connectivity index (χ1v) is 34.1. The molecule has 5 aliphatic rings. The Morgan fingerprint density at radius 3 is 0.695 bits per heavy atom. The lowest BCUT2D eigenvalue weighted by atomic mass is 9.81. The summed E-state index contributed by atoms with van der Waals surface area (Å²) < 4.78 is 0. The molecule has 12 aromatic rings. The molecule has 0 spiro atoms. The maximum absolute atomic E-state index is 2.46. The third-order valence-corrected chi connectivity index (χ3v) is 22.7. The maximum Gasteiger partial charge on any atom is 0.0465 e. The minimum atomic E-state index is -0.208. The number of fused-ring (bicyclic) bond motifs is 15. The highest BCUT2D eigenvalue weighted by Crippen LogP contribution is 2.57. The Labute approximate surface area is 562 Å². The van der Waals surface area contributed by atoms with E-state index in [1.54, 1.807) is 0 Å². The van der Waals surface area contributed by atoms with Crippen LogP contribution in [0, 0.1) is 13.8 Å². The molecule has 17 rings (SSSR count). The van der Waals surface area contributed by atoms with Crippen molar-refractivity contribution >= 4 is 58.4 Å². The molecule has 5 aliphatic carbocycles. The molecular formula is C93H80N2. The molecule has 0 N–H and O–H groups in total. The van der Waals surface area contributed by atoms with Crippen molar-refractivity contribution in [3.63, 3.8) is 0 Å². The number of hydrogen-bond acceptors (Lipinski definition) is 2. The van der Waals surface area contributed by atoms with Crippen LogP contribution in [0.1, 0.15) is 158 Å². The molecule has 0 fully saturated rings. The molecule has 0 aromatic heterocycles. The largest absolute Gasteiger partial charge is 0.310 e. The highest BCUT2D eigenvalue weighted by molar-refractivity contribution is 5.93. The van der Waals surface area contributed by atoms with Gasteiger partial charge in [-0.05, 0) is 231 Å². The standard InChI is InChI=1S/C93H80N2/c1-57-19-17-21-63(47-57)94(65-35-43-75-69-23-13-15-25-79(69)89(3,4)85(75)53-65)67-37-45-77-73-41-33-61(51-83(73)92(9,10)87(77)55-67)29-27-59-31-39-71-72-40-32-60(50-82(72)91(7,8)81(71)49-59)28-30-62-34-42-74-78-46-38-68(56-88(78)93(11,12)84(74)52-62)95(64-22-18-20-58(2)48-64)66-36-44-76-70-24-14-16-26-80(70)90(5,6)86(76)54-66/h13-56H,1-12H3/b29-27+,30-28+. The molecule has 0 saturated carbocycles. The average Bonchev–Trinajstić information content (AvgIpc) is 1.60. The van der Waals surface area contributed by atoms with Gasteiger partial charge in [0.2, 0.25) is 0 Å². The van der Waals surface area contributed by atoms with Crippen LogP contribution in [-0.2, 0) is 27.1 Å². The second-order valence-corrected chi connectivity index (χ2v) is 30.4. The number of benzene rings is 12. The van der Waals surface area contributed by atoms with Crippen molar-refractivity contribution in [2.24, 2.45) is 0 Å². The molecule has 0 bridgehead atoms. The lowest BCUT2D eigenvalue weighted by molar-refractivity contribution is 0.659. The SMILES string of the molecule is Cc1cccc(N(c2ccc3c(c2)C(C)(C)c2ccccc2-3)c2ccc3c(c2)C(C)(C)c2cc(/C=C/c4ccc5c(c4)C(C)(C)c4cc(/C=C/c6ccc7c(c6)C(C)(C)c6cc(N(c8cccc(C)c8)c8ccc9c(c8)C(C)(C)c8ccccc8-9)ccc6-7)ccc4-5)ccc2-3)c1. The van der Waals surface area contributed by atoms with Gasteiger partial charge in [-0.15, -0.1) is 0 Å². The van der Waals surface area contributed by atoms with Crippen LogP contribution in [0.4, 0.5) is 34.1 Å². The van der Waals surface area contributed by atoms with Crippen molar-refractivity contribution in [2.75, 3.05) is 9.80 Å². The molecule has 2 nitrogen and oxygen atoms in total. The van der Waals surface area contributed by atoms with E-state index in [-0.39, 0.29) is 27.1 Å². The summed E-state index contributed by atoms with van der Waals surface area (Å²) in [5.41, 5.74) is 40.6. The van der Waals surface area contributed by atoms with Gasteiger partial charge in [0.1, 0.15) is 0 Å². The van der Waals surface area contributed by atoms with Crippen molar-refractivity contribution in [1.82, 2.24) is 0 Å². The third kappa shape index (κ3) is 8.97. The van der Waals surface area contributed by atoms with E-state index >= 15 is 0 Å². The van der Waals surface area contributed by atoms with Crippen LogP contribution in [0.5, 0.6) is 0 Å². The lowest BCUT2D eigenvalue weighted by Crippen LogP contribution is -2.18. The fraction of sp³-hybridized carbons (Fsp3) is 0.183. The predicted octanol–water partition coefficient (Wildman–Crippen LogP) is 25.1. The van der Waals surface area contributed by atoms with Gasteiger partial charge in [0.05, 0.1) is 0 Å². The maximum atomic E-state index is 2.46. The van der Waals surface area contributed by atoms with E-state index in [9.17, 15) is 0 Å². The Bertz CT molecular complexity index is 4990. The number of aryl methyl sites for hydroxylation is 2. The van der Waals surface area contributed by atoms with Crippen LogP contribution in [0.2, 0.25) is 0 Å². The predicted molar refractivity (Wildman–Crippen MR) is 404 cm³/mol. The van der Waals surface area contributed by atoms with Crippen molar-refractivity contribution in [3.8, 4) is 55.6 Å². The Balaban J connectivity index is 0.612. The fourth-order valence-corrected chi connectivity index (χ4v) is 17.4. The summed E-state index contributed by atoms with van der Waals surface area (Å²) in [6.45, 7) is 28.3. The molecule has 0 amide bonds. The first-order valence-electron chi connectivity index (χ1n) is 34.1. The number of anilines is 6. The lowest BCUT2D eigenvalue weighted by Gasteiger charge is -2.30. The topological polar surface area (TPSA) is 6.48 Å². The number of nitrogens with zero attached hydrogens (tertiary/aromatic N) is 2. The summed E-state index contributed by atoms with van der Waals surface area (Å²) >= 11 is 0. The van der Waals surface area contributed by atoms with E-state index in [4.69, 9.17) is 0 Å². The van der Waals surface area contributed by atoms with Gasteiger partial charge >= 0.3 is 0 Å². The van der Waals surface area contributed by atoms with E-state index in [0.717, 1.165) is 11.4 Å². The molecule has 2 heteroatoms. The van der Waals surface area contributed by atoms with E-state index < -0.39 is 0 Å². The Morgan fingerprint density at radius 1 is 0.200 bits per heavy atom. The number of hydrogen-bond donors (Lipinski definition) is 0. The molecule has 0 atom stereocenters. The molecule has 0 aliphatic heterocycles. The van der Waals surface area contributed by atoms with Gasteiger partial charge in [0, 0.05) is 61.2 Å².